The molecular formula is C22H19BrClN3O2. The van der Waals surface area contributed by atoms with Crippen LogP contribution >= 0.6 is 28.3 Å². The van der Waals surface area contributed by atoms with E-state index in [0.717, 1.165) is 26.1 Å². The van der Waals surface area contributed by atoms with Gasteiger partial charge in [-0.3, -0.25) is 14.0 Å². The Hall–Kier alpha value is -2.28. The molecule has 148 valence electrons. The molecule has 29 heavy (non-hydrogen) atoms. The third-order valence-electron chi connectivity index (χ3n) is 5.61. The number of rotatable bonds is 3. The predicted octanol–water partition coefficient (Wildman–Crippen LogP) is 4.77. The fraction of sp³-hybridized carbons (Fsp3) is 0.227. The molecular weight excluding hydrogens is 454 g/mol. The van der Waals surface area contributed by atoms with Crippen LogP contribution in [0, 0.1) is 5.92 Å². The number of carbonyl (C=O) groups is 2. The number of fused-ring (bicyclic) bond motifs is 5. The molecule has 5 rings (SSSR count). The van der Waals surface area contributed by atoms with Gasteiger partial charge in [-0.1, -0.05) is 40.2 Å². The van der Waals surface area contributed by atoms with E-state index < -0.39 is 5.92 Å². The van der Waals surface area contributed by atoms with Crippen LogP contribution in [0.15, 0.2) is 47.3 Å². The zero-order valence-corrected chi connectivity index (χ0v) is 18.4. The molecule has 0 radical (unpaired) electrons. The molecule has 5 nitrogen and oxygen atoms in total. The van der Waals surface area contributed by atoms with Gasteiger partial charge >= 0.3 is 0 Å². The van der Waals surface area contributed by atoms with Crippen molar-refractivity contribution in [1.82, 2.24) is 14.3 Å². The third-order valence-corrected chi connectivity index (χ3v) is 6.27. The molecule has 0 spiro atoms. The van der Waals surface area contributed by atoms with Gasteiger partial charge in [-0.2, -0.15) is 0 Å². The van der Waals surface area contributed by atoms with Crippen molar-refractivity contribution in [3.05, 3.63) is 58.5 Å². The fourth-order valence-electron chi connectivity index (χ4n) is 4.30. The van der Waals surface area contributed by atoms with Gasteiger partial charge in [0.25, 0.3) is 0 Å². The van der Waals surface area contributed by atoms with E-state index in [1.54, 1.807) is 12.5 Å². The van der Waals surface area contributed by atoms with E-state index in [-0.39, 0.29) is 24.0 Å². The van der Waals surface area contributed by atoms with E-state index in [2.05, 4.69) is 20.9 Å². The van der Waals surface area contributed by atoms with Crippen LogP contribution in [0.5, 0.6) is 0 Å². The largest absolute Gasteiger partial charge is 0.309 e. The van der Waals surface area contributed by atoms with Gasteiger partial charge in [0.05, 0.1) is 34.4 Å². The summed E-state index contributed by atoms with van der Waals surface area (Å²) in [6.45, 7) is 0.680. The molecule has 2 heterocycles. The Labute approximate surface area is 182 Å². The normalized spacial score (nSPS) is 16.2. The third kappa shape index (κ3) is 2.81. The highest BCUT2D eigenvalue weighted by atomic mass is 79.9. The molecule has 0 N–H and O–H groups in total. The van der Waals surface area contributed by atoms with E-state index in [0.29, 0.717) is 29.6 Å². The number of carbonyl (C=O) groups excluding carboxylic acids is 2. The zero-order valence-electron chi connectivity index (χ0n) is 16.0. The molecule has 1 atom stereocenters. The second-order valence-electron chi connectivity index (χ2n) is 7.57. The molecule has 0 amide bonds. The minimum Gasteiger partial charge on any atom is -0.309 e. The van der Waals surface area contributed by atoms with Crippen LogP contribution in [-0.2, 0) is 0 Å². The van der Waals surface area contributed by atoms with Crippen molar-refractivity contribution in [3.63, 3.8) is 0 Å². The van der Waals surface area contributed by atoms with Crippen LogP contribution in [-0.4, -0.2) is 46.5 Å². The van der Waals surface area contributed by atoms with Crippen molar-refractivity contribution in [2.45, 2.75) is 6.42 Å². The number of nitrogens with zero attached hydrogens (tertiary/aromatic N) is 3. The lowest BCUT2D eigenvalue weighted by molar-refractivity contribution is 0.0788. The van der Waals surface area contributed by atoms with Crippen molar-refractivity contribution in [2.24, 2.45) is 5.92 Å². The van der Waals surface area contributed by atoms with E-state index in [4.69, 9.17) is 0 Å². The molecule has 1 unspecified atom stereocenters. The highest BCUT2D eigenvalue weighted by Gasteiger charge is 2.39. The fourth-order valence-corrected chi connectivity index (χ4v) is 4.86. The average molecular weight is 473 g/mol. The minimum atomic E-state index is -0.657. The Bertz CT molecular complexity index is 1310. The Kier molecular flexibility index (Phi) is 4.97. The summed E-state index contributed by atoms with van der Waals surface area (Å²) in [5.41, 5.74) is 2.76. The first-order chi connectivity index (χ1) is 13.5. The predicted molar refractivity (Wildman–Crippen MR) is 120 cm³/mol. The lowest BCUT2D eigenvalue weighted by Gasteiger charge is -2.22. The number of ketones is 2. The summed E-state index contributed by atoms with van der Waals surface area (Å²) in [7, 11) is 3.90. The Morgan fingerprint density at radius 2 is 1.86 bits per heavy atom. The summed E-state index contributed by atoms with van der Waals surface area (Å²) in [6.07, 6.45) is 3.80. The first-order valence-corrected chi connectivity index (χ1v) is 10.0. The van der Waals surface area contributed by atoms with E-state index >= 15 is 0 Å². The summed E-state index contributed by atoms with van der Waals surface area (Å²) in [5, 5.41) is 2.96. The van der Waals surface area contributed by atoms with Gasteiger partial charge in [0.15, 0.2) is 11.6 Å². The van der Waals surface area contributed by atoms with Gasteiger partial charge in [-0.15, -0.1) is 12.4 Å². The topological polar surface area (TPSA) is 54.7 Å². The number of benzene rings is 2. The maximum absolute atomic E-state index is 13.5. The summed E-state index contributed by atoms with van der Waals surface area (Å²) in [4.78, 5) is 33.0. The van der Waals surface area contributed by atoms with Crippen LogP contribution in [0.1, 0.15) is 27.1 Å². The van der Waals surface area contributed by atoms with Crippen molar-refractivity contribution in [3.8, 4) is 0 Å². The van der Waals surface area contributed by atoms with Gasteiger partial charge < -0.3 is 4.90 Å². The molecule has 2 aromatic carbocycles. The van der Waals surface area contributed by atoms with Crippen LogP contribution < -0.4 is 0 Å². The van der Waals surface area contributed by atoms with Crippen LogP contribution in [0.2, 0.25) is 0 Å². The van der Waals surface area contributed by atoms with Crippen molar-refractivity contribution >= 4 is 67.1 Å². The van der Waals surface area contributed by atoms with Crippen molar-refractivity contribution < 1.29 is 9.59 Å². The highest BCUT2D eigenvalue weighted by Crippen LogP contribution is 2.41. The number of aromatic nitrogens is 2. The standard InChI is InChI=1S/C22H18BrN3O2.ClH/c1-25(2)8-7-14-21(27)15-10-24-11-26-17-9-16(23)12-5-3-4-6-13(12)18(17)19(20(15)26)22(14)28;/h3-6,9-11,14H,7-8H2,1-2H3;1H. The second kappa shape index (κ2) is 7.20. The maximum Gasteiger partial charge on any atom is 0.177 e. The molecule has 0 bridgehead atoms. The van der Waals surface area contributed by atoms with E-state index in [1.807, 2.05) is 53.7 Å². The van der Waals surface area contributed by atoms with Gasteiger partial charge in [-0.25, -0.2) is 4.98 Å². The summed E-state index contributed by atoms with van der Waals surface area (Å²) < 4.78 is 2.84. The SMILES string of the molecule is CN(C)CCC1C(=O)c2cncn3c2c(c2c4ccccc4c(Br)cc23)C1=O.Cl. The second-order valence-corrected chi connectivity index (χ2v) is 8.43. The lowest BCUT2D eigenvalue weighted by atomic mass is 9.81. The maximum atomic E-state index is 13.5. The number of halogens is 2. The average Bonchev–Trinajstić information content (AvgIpc) is 3.02. The van der Waals surface area contributed by atoms with Gasteiger partial charge in [0, 0.05) is 16.1 Å². The molecule has 0 saturated heterocycles. The number of hydrogen-bond acceptors (Lipinski definition) is 4. The number of hydrogen-bond donors (Lipinski definition) is 0. The van der Waals surface area contributed by atoms with Crippen molar-refractivity contribution in [1.29, 1.82) is 0 Å². The summed E-state index contributed by atoms with van der Waals surface area (Å²) >= 11 is 3.66. The van der Waals surface area contributed by atoms with Gasteiger partial charge in [0.1, 0.15) is 0 Å². The highest BCUT2D eigenvalue weighted by molar-refractivity contribution is 9.10. The molecule has 4 aromatic rings. The summed E-state index contributed by atoms with van der Waals surface area (Å²) in [5.74, 6) is -0.856. The van der Waals surface area contributed by atoms with E-state index in [1.165, 1.54) is 0 Å². The Morgan fingerprint density at radius 1 is 1.14 bits per heavy atom. The molecule has 1 aliphatic rings. The lowest BCUT2D eigenvalue weighted by Crippen LogP contribution is -2.32. The Morgan fingerprint density at radius 3 is 2.59 bits per heavy atom. The molecule has 1 aliphatic carbocycles. The first kappa shape index (κ1) is 20.0. The molecule has 7 heteroatoms. The first-order valence-electron chi connectivity index (χ1n) is 9.21. The molecule has 0 saturated carbocycles. The quantitative estimate of drug-likeness (QED) is 0.403. The zero-order chi connectivity index (χ0) is 19.6. The van der Waals surface area contributed by atoms with Crippen molar-refractivity contribution in [2.75, 3.05) is 20.6 Å². The van der Waals surface area contributed by atoms with Crippen LogP contribution in [0.25, 0.3) is 27.2 Å². The Balaban J connectivity index is 0.00000205. The van der Waals surface area contributed by atoms with Crippen LogP contribution in [0.3, 0.4) is 0 Å². The van der Waals surface area contributed by atoms with Crippen LogP contribution in [0.4, 0.5) is 0 Å². The molecule has 0 fully saturated rings. The number of Topliss-reactive ketones (excluding diaryl/α,β-unsaturated/α-hetero) is 2. The van der Waals surface area contributed by atoms with E-state index in [9.17, 15) is 9.59 Å². The minimum absolute atomic E-state index is 0. The van der Waals surface area contributed by atoms with Gasteiger partial charge in [0.2, 0.25) is 0 Å². The molecule has 2 aromatic heterocycles. The monoisotopic (exact) mass is 471 g/mol. The smallest absolute Gasteiger partial charge is 0.177 e. The summed E-state index contributed by atoms with van der Waals surface area (Å²) in [6, 6.07) is 10.0. The van der Waals surface area contributed by atoms with Gasteiger partial charge in [-0.05, 0) is 43.9 Å². The molecule has 0 aliphatic heterocycles.